The maximum atomic E-state index is 15.1. The van der Waals surface area contributed by atoms with Crippen LogP contribution in [0.5, 0.6) is 0 Å². The quantitative estimate of drug-likeness (QED) is 0.297. The molecule has 1 aliphatic rings. The van der Waals surface area contributed by atoms with Crippen molar-refractivity contribution in [3.63, 3.8) is 0 Å². The minimum absolute atomic E-state index is 0.0744. The van der Waals surface area contributed by atoms with Crippen LogP contribution >= 0.6 is 0 Å². The number of unbranched alkanes of at least 4 members (excludes halogenated alkanes) is 1. The topological polar surface area (TPSA) is 77.8 Å². The molecule has 0 aliphatic heterocycles. The summed E-state index contributed by atoms with van der Waals surface area (Å²) in [5.74, 6) is -5.45. The van der Waals surface area contributed by atoms with Crippen molar-refractivity contribution in [1.29, 1.82) is 0 Å². The van der Waals surface area contributed by atoms with E-state index < -0.39 is 30.0 Å². The van der Waals surface area contributed by atoms with Crippen molar-refractivity contribution in [1.82, 2.24) is 0 Å². The van der Waals surface area contributed by atoms with Crippen LogP contribution in [0.15, 0.2) is 12.2 Å². The summed E-state index contributed by atoms with van der Waals surface area (Å²) in [6, 6.07) is 0. The maximum Gasteiger partial charge on any atom is 0.303 e. The van der Waals surface area contributed by atoms with E-state index in [1.165, 1.54) is 0 Å². The molecule has 2 unspecified atom stereocenters. The molecule has 0 amide bonds. The van der Waals surface area contributed by atoms with E-state index in [-0.39, 0.29) is 30.6 Å². The van der Waals surface area contributed by atoms with Crippen molar-refractivity contribution in [3.8, 4) is 0 Å². The largest absolute Gasteiger partial charge is 0.481 e. The molecule has 5 atom stereocenters. The molecule has 0 radical (unpaired) electrons. The highest BCUT2D eigenvalue weighted by Crippen LogP contribution is 2.49. The van der Waals surface area contributed by atoms with Gasteiger partial charge in [-0.1, -0.05) is 39.3 Å². The summed E-state index contributed by atoms with van der Waals surface area (Å²) in [6.45, 7) is 5.62. The second kappa shape index (κ2) is 11.9. The first-order valence-electron chi connectivity index (χ1n) is 10.7. The van der Waals surface area contributed by atoms with Crippen molar-refractivity contribution in [3.05, 3.63) is 12.2 Å². The van der Waals surface area contributed by atoms with Crippen LogP contribution in [0.4, 0.5) is 8.78 Å². The van der Waals surface area contributed by atoms with Crippen LogP contribution in [-0.4, -0.2) is 39.4 Å². The lowest BCUT2D eigenvalue weighted by Crippen LogP contribution is -2.46. The maximum absolute atomic E-state index is 15.1. The molecule has 6 heteroatoms. The van der Waals surface area contributed by atoms with E-state index >= 15 is 8.78 Å². The molecule has 0 saturated heterocycles. The smallest absolute Gasteiger partial charge is 0.303 e. The number of aliphatic hydroxyl groups is 2. The molecular formula is C22H38F2O4. The fourth-order valence-corrected chi connectivity index (χ4v) is 4.49. The summed E-state index contributed by atoms with van der Waals surface area (Å²) in [4.78, 5) is 10.5. The van der Waals surface area contributed by atoms with E-state index in [0.29, 0.717) is 44.9 Å². The van der Waals surface area contributed by atoms with Crippen LogP contribution in [0.1, 0.15) is 78.6 Å². The Bertz CT molecular complexity index is 493. The van der Waals surface area contributed by atoms with Gasteiger partial charge < -0.3 is 15.3 Å². The van der Waals surface area contributed by atoms with Crippen molar-refractivity contribution in [2.75, 3.05) is 0 Å². The fourth-order valence-electron chi connectivity index (χ4n) is 4.49. The van der Waals surface area contributed by atoms with Gasteiger partial charge in [0.15, 0.2) is 0 Å². The average Bonchev–Trinajstić information content (AvgIpc) is 2.96. The third-order valence-electron chi connectivity index (χ3n) is 5.92. The second-order valence-electron chi connectivity index (χ2n) is 8.68. The van der Waals surface area contributed by atoms with Crippen LogP contribution in [0.2, 0.25) is 0 Å². The number of hydrogen-bond donors (Lipinski definition) is 3. The van der Waals surface area contributed by atoms with Gasteiger partial charge in [-0.15, -0.1) is 0 Å². The van der Waals surface area contributed by atoms with Crippen LogP contribution in [0, 0.1) is 23.7 Å². The second-order valence-corrected chi connectivity index (χ2v) is 8.68. The van der Waals surface area contributed by atoms with Gasteiger partial charge in [0.1, 0.15) is 6.10 Å². The van der Waals surface area contributed by atoms with Crippen LogP contribution in [-0.2, 0) is 4.79 Å². The van der Waals surface area contributed by atoms with Crippen LogP contribution in [0.25, 0.3) is 0 Å². The highest BCUT2D eigenvalue weighted by molar-refractivity contribution is 5.66. The number of hydrogen-bond acceptors (Lipinski definition) is 3. The average molecular weight is 405 g/mol. The summed E-state index contributed by atoms with van der Waals surface area (Å²) in [6.07, 6.45) is 5.25. The molecule has 164 valence electrons. The zero-order valence-corrected chi connectivity index (χ0v) is 17.5. The molecule has 1 rings (SSSR count). The highest BCUT2D eigenvalue weighted by Gasteiger charge is 2.53. The Morgan fingerprint density at radius 1 is 1.25 bits per heavy atom. The SMILES string of the molecule is CCCC(O)C(F)(F)C(CC(C)C)[C@@H]1CC[C@H](O)[C@@H]1CC=CCCCC(=O)O. The monoisotopic (exact) mass is 404 g/mol. The summed E-state index contributed by atoms with van der Waals surface area (Å²) in [5.41, 5.74) is 0. The Morgan fingerprint density at radius 2 is 1.93 bits per heavy atom. The number of allylic oxidation sites excluding steroid dienone is 2. The molecule has 1 fully saturated rings. The third kappa shape index (κ3) is 7.43. The van der Waals surface area contributed by atoms with E-state index in [2.05, 4.69) is 0 Å². The lowest BCUT2D eigenvalue weighted by atomic mass is 9.73. The summed E-state index contributed by atoms with van der Waals surface area (Å²) in [7, 11) is 0. The van der Waals surface area contributed by atoms with Gasteiger partial charge in [-0.2, -0.15) is 0 Å². The van der Waals surface area contributed by atoms with E-state index in [1.807, 2.05) is 26.0 Å². The van der Waals surface area contributed by atoms with Gasteiger partial charge in [0.25, 0.3) is 5.92 Å². The van der Waals surface area contributed by atoms with Crippen LogP contribution in [0.3, 0.4) is 0 Å². The Hall–Kier alpha value is -1.01. The Labute approximate surface area is 168 Å². The molecule has 0 heterocycles. The number of aliphatic carboxylic acids is 1. The van der Waals surface area contributed by atoms with Crippen molar-refractivity contribution >= 4 is 5.97 Å². The Balaban J connectivity index is 2.86. The third-order valence-corrected chi connectivity index (χ3v) is 5.92. The zero-order chi connectivity index (χ0) is 21.3. The Morgan fingerprint density at radius 3 is 2.50 bits per heavy atom. The predicted molar refractivity (Wildman–Crippen MR) is 106 cm³/mol. The number of rotatable bonds is 13. The standard InChI is InChI=1S/C22H38F2O4/c1-4-9-20(26)22(23,24)18(14-15(2)3)16-12-13-19(25)17(16)10-7-5-6-8-11-21(27)28/h5,7,15-20,25-26H,4,6,8-14H2,1-3H3,(H,27,28)/t16-,17-,18?,19+,20?/m1/s1. The van der Waals surface area contributed by atoms with Gasteiger partial charge in [-0.25, -0.2) is 8.78 Å². The zero-order valence-electron chi connectivity index (χ0n) is 17.5. The van der Waals surface area contributed by atoms with Crippen molar-refractivity contribution in [2.24, 2.45) is 23.7 Å². The number of alkyl halides is 2. The van der Waals surface area contributed by atoms with Crippen molar-refractivity contribution < 1.29 is 28.9 Å². The predicted octanol–water partition coefficient (Wildman–Crippen LogP) is 5.03. The van der Waals surface area contributed by atoms with Crippen molar-refractivity contribution in [2.45, 2.75) is 96.7 Å². The van der Waals surface area contributed by atoms with E-state index in [9.17, 15) is 15.0 Å². The number of halogens is 2. The molecule has 0 bridgehead atoms. The first-order chi connectivity index (χ1) is 13.1. The van der Waals surface area contributed by atoms with E-state index in [1.54, 1.807) is 6.92 Å². The molecule has 1 aliphatic carbocycles. The molecule has 4 nitrogen and oxygen atoms in total. The molecule has 0 aromatic carbocycles. The molecular weight excluding hydrogens is 366 g/mol. The van der Waals surface area contributed by atoms with Gasteiger partial charge in [0.2, 0.25) is 0 Å². The summed E-state index contributed by atoms with van der Waals surface area (Å²) >= 11 is 0. The number of carboxylic acids is 1. The van der Waals surface area contributed by atoms with E-state index in [4.69, 9.17) is 5.11 Å². The first-order valence-corrected chi connectivity index (χ1v) is 10.7. The lowest BCUT2D eigenvalue weighted by Gasteiger charge is -2.38. The summed E-state index contributed by atoms with van der Waals surface area (Å²) in [5, 5.41) is 29.2. The number of aliphatic hydroxyl groups excluding tert-OH is 2. The number of carbonyl (C=O) groups is 1. The van der Waals surface area contributed by atoms with Gasteiger partial charge in [0.05, 0.1) is 6.10 Å². The minimum atomic E-state index is -3.17. The van der Waals surface area contributed by atoms with Gasteiger partial charge in [-0.3, -0.25) is 4.79 Å². The minimum Gasteiger partial charge on any atom is -0.481 e. The van der Waals surface area contributed by atoms with Gasteiger partial charge >= 0.3 is 5.97 Å². The van der Waals surface area contributed by atoms with Crippen LogP contribution < -0.4 is 0 Å². The normalized spacial score (nSPS) is 25.5. The number of carboxylic acid groups (broad SMARTS) is 1. The molecule has 0 aromatic rings. The Kier molecular flexibility index (Phi) is 10.6. The molecule has 1 saturated carbocycles. The van der Waals surface area contributed by atoms with Gasteiger partial charge in [0, 0.05) is 12.3 Å². The molecule has 28 heavy (non-hydrogen) atoms. The fraction of sp³-hybridized carbons (Fsp3) is 0.864. The molecule has 0 spiro atoms. The summed E-state index contributed by atoms with van der Waals surface area (Å²) < 4.78 is 30.3. The first kappa shape index (κ1) is 25.0. The lowest BCUT2D eigenvalue weighted by molar-refractivity contribution is -0.172. The molecule has 3 N–H and O–H groups in total. The van der Waals surface area contributed by atoms with E-state index in [0.717, 1.165) is 0 Å². The van der Waals surface area contributed by atoms with Gasteiger partial charge in [-0.05, 0) is 62.7 Å². The molecule has 0 aromatic heterocycles. The highest BCUT2D eigenvalue weighted by atomic mass is 19.3.